The van der Waals surface area contributed by atoms with Gasteiger partial charge in [-0.2, -0.15) is 0 Å². The van der Waals surface area contributed by atoms with E-state index in [-0.39, 0.29) is 34.7 Å². The highest BCUT2D eigenvalue weighted by Gasteiger charge is 2.35. The standard InChI is InChI=1S/C29H27IN4O6S/c1-3-32(4-2)23-13-10-20(14-26-28(36)33(29(37)41-26)17-19-8-11-21(30)12-9-19)25(16-23)40-18-27(35)31-22-6-5-7-24(15-22)34(38)39/h5-16H,3-4,17-18H2,1-2H3,(H,31,35)/b26-14+. The Hall–Kier alpha value is -3.91. The van der Waals surface area contributed by atoms with Crippen LogP contribution in [0.4, 0.5) is 21.9 Å². The molecule has 0 unspecified atom stereocenters. The largest absolute Gasteiger partial charge is 0.483 e. The summed E-state index contributed by atoms with van der Waals surface area (Å²) in [5.74, 6) is -0.559. The fourth-order valence-electron chi connectivity index (χ4n) is 4.14. The molecule has 0 aliphatic carbocycles. The van der Waals surface area contributed by atoms with Gasteiger partial charge in [-0.15, -0.1) is 0 Å². The van der Waals surface area contributed by atoms with Gasteiger partial charge in [-0.25, -0.2) is 0 Å². The molecule has 0 bridgehead atoms. The summed E-state index contributed by atoms with van der Waals surface area (Å²) < 4.78 is 6.95. The van der Waals surface area contributed by atoms with Crippen LogP contribution in [0, 0.1) is 13.7 Å². The molecule has 1 aliphatic rings. The van der Waals surface area contributed by atoms with Gasteiger partial charge in [0.2, 0.25) is 0 Å². The van der Waals surface area contributed by atoms with Crippen molar-refractivity contribution in [3.63, 3.8) is 0 Å². The molecule has 4 rings (SSSR count). The van der Waals surface area contributed by atoms with E-state index in [0.717, 1.165) is 39.7 Å². The van der Waals surface area contributed by atoms with Gasteiger partial charge in [0.1, 0.15) is 5.75 Å². The second-order valence-corrected chi connectivity index (χ2v) is 11.2. The van der Waals surface area contributed by atoms with Gasteiger partial charge in [0.25, 0.3) is 22.7 Å². The third-order valence-electron chi connectivity index (χ3n) is 6.24. The molecule has 3 aromatic rings. The normalized spacial score (nSPS) is 13.9. The number of nitrogens with zero attached hydrogens (tertiary/aromatic N) is 3. The lowest BCUT2D eigenvalue weighted by molar-refractivity contribution is -0.384. The second kappa shape index (κ2) is 13.6. The SMILES string of the molecule is CCN(CC)c1ccc(/C=C2/SC(=O)N(Cc3ccc(I)cc3)C2=O)c(OCC(=O)Nc2cccc([N+](=O)[O-])c2)c1. The van der Waals surface area contributed by atoms with Crippen LogP contribution in [-0.4, -0.2) is 46.6 Å². The maximum atomic E-state index is 13.2. The molecule has 1 aliphatic heterocycles. The Labute approximate surface area is 255 Å². The molecule has 212 valence electrons. The van der Waals surface area contributed by atoms with Crippen molar-refractivity contribution < 1.29 is 24.0 Å². The molecular formula is C29H27IN4O6S. The molecule has 0 radical (unpaired) electrons. The fraction of sp³-hybridized carbons (Fsp3) is 0.207. The van der Waals surface area contributed by atoms with Crippen LogP contribution in [0.3, 0.4) is 0 Å². The maximum Gasteiger partial charge on any atom is 0.293 e. The van der Waals surface area contributed by atoms with Crippen molar-refractivity contribution in [1.82, 2.24) is 4.90 Å². The number of benzene rings is 3. The lowest BCUT2D eigenvalue weighted by Gasteiger charge is -2.22. The molecule has 3 amide bonds. The minimum absolute atomic E-state index is 0.145. The molecule has 1 saturated heterocycles. The molecule has 1 N–H and O–H groups in total. The fourth-order valence-corrected chi connectivity index (χ4v) is 5.33. The van der Waals surface area contributed by atoms with E-state index >= 15 is 0 Å². The van der Waals surface area contributed by atoms with Gasteiger partial charge in [0.15, 0.2) is 6.61 Å². The minimum atomic E-state index is -0.542. The number of thioether (sulfide) groups is 1. The molecule has 0 atom stereocenters. The molecule has 0 saturated carbocycles. The van der Waals surface area contributed by atoms with Crippen LogP contribution in [0.15, 0.2) is 71.6 Å². The number of carbonyl (C=O) groups is 3. The Balaban J connectivity index is 1.55. The molecule has 41 heavy (non-hydrogen) atoms. The number of amides is 3. The molecule has 12 heteroatoms. The van der Waals surface area contributed by atoms with Crippen molar-refractivity contribution in [3.05, 3.63) is 96.4 Å². The summed E-state index contributed by atoms with van der Waals surface area (Å²) in [6.45, 7) is 5.34. The lowest BCUT2D eigenvalue weighted by Crippen LogP contribution is -2.27. The molecule has 3 aromatic carbocycles. The maximum absolute atomic E-state index is 13.2. The number of hydrogen-bond donors (Lipinski definition) is 1. The first kappa shape index (κ1) is 30.1. The number of anilines is 2. The predicted molar refractivity (Wildman–Crippen MR) is 168 cm³/mol. The van der Waals surface area contributed by atoms with Gasteiger partial charge in [-0.05, 0) is 90.2 Å². The van der Waals surface area contributed by atoms with Crippen molar-refractivity contribution in [2.75, 3.05) is 29.9 Å². The van der Waals surface area contributed by atoms with Gasteiger partial charge in [0, 0.05) is 51.8 Å². The van der Waals surface area contributed by atoms with Gasteiger partial charge in [-0.1, -0.05) is 18.2 Å². The van der Waals surface area contributed by atoms with E-state index in [4.69, 9.17) is 4.74 Å². The number of ether oxygens (including phenoxy) is 1. The quantitative estimate of drug-likeness (QED) is 0.108. The third-order valence-corrected chi connectivity index (χ3v) is 7.87. The molecule has 1 heterocycles. The van der Waals surface area contributed by atoms with Crippen LogP contribution < -0.4 is 15.0 Å². The molecule has 1 fully saturated rings. The smallest absolute Gasteiger partial charge is 0.293 e. The summed E-state index contributed by atoms with van der Waals surface area (Å²) in [5.41, 5.74) is 2.37. The highest BCUT2D eigenvalue weighted by Crippen LogP contribution is 2.36. The number of rotatable bonds is 11. The lowest BCUT2D eigenvalue weighted by atomic mass is 10.1. The topological polar surface area (TPSA) is 122 Å². The number of carbonyl (C=O) groups excluding carboxylic acids is 3. The summed E-state index contributed by atoms with van der Waals surface area (Å²) in [6, 6.07) is 18.7. The first-order valence-electron chi connectivity index (χ1n) is 12.7. The summed E-state index contributed by atoms with van der Waals surface area (Å²) in [7, 11) is 0. The summed E-state index contributed by atoms with van der Waals surface area (Å²) in [4.78, 5) is 52.6. The molecular weight excluding hydrogens is 659 g/mol. The number of non-ortho nitro benzene ring substituents is 1. The zero-order valence-electron chi connectivity index (χ0n) is 22.3. The van der Waals surface area contributed by atoms with Gasteiger partial charge in [0.05, 0.1) is 16.4 Å². The zero-order valence-corrected chi connectivity index (χ0v) is 25.3. The zero-order chi connectivity index (χ0) is 29.5. The second-order valence-electron chi connectivity index (χ2n) is 8.93. The summed E-state index contributed by atoms with van der Waals surface area (Å²) >= 11 is 3.05. The van der Waals surface area contributed by atoms with Crippen LogP contribution >= 0.6 is 34.4 Å². The Morgan fingerprint density at radius 3 is 2.51 bits per heavy atom. The number of nitro groups is 1. The van der Waals surface area contributed by atoms with Crippen LogP contribution in [-0.2, 0) is 16.1 Å². The van der Waals surface area contributed by atoms with Crippen molar-refractivity contribution in [2.24, 2.45) is 0 Å². The van der Waals surface area contributed by atoms with E-state index in [1.165, 1.54) is 23.1 Å². The van der Waals surface area contributed by atoms with Crippen LogP contribution in [0.25, 0.3) is 6.08 Å². The van der Waals surface area contributed by atoms with Crippen LogP contribution in [0.1, 0.15) is 25.0 Å². The van der Waals surface area contributed by atoms with Crippen LogP contribution in [0.2, 0.25) is 0 Å². The highest BCUT2D eigenvalue weighted by molar-refractivity contribution is 14.1. The van der Waals surface area contributed by atoms with Crippen molar-refractivity contribution in [1.29, 1.82) is 0 Å². The van der Waals surface area contributed by atoms with E-state index in [1.807, 2.05) is 44.2 Å². The minimum Gasteiger partial charge on any atom is -0.483 e. The number of hydrogen-bond acceptors (Lipinski definition) is 8. The van der Waals surface area contributed by atoms with Crippen molar-refractivity contribution >= 4 is 74.5 Å². The summed E-state index contributed by atoms with van der Waals surface area (Å²) in [6.07, 6.45) is 1.60. The van der Waals surface area contributed by atoms with Crippen LogP contribution in [0.5, 0.6) is 5.75 Å². The average Bonchev–Trinajstić information content (AvgIpc) is 3.22. The first-order valence-corrected chi connectivity index (χ1v) is 14.6. The van der Waals surface area contributed by atoms with Gasteiger partial charge < -0.3 is 15.0 Å². The Bertz CT molecular complexity index is 1510. The van der Waals surface area contributed by atoms with Crippen molar-refractivity contribution in [2.45, 2.75) is 20.4 Å². The Morgan fingerprint density at radius 1 is 1.10 bits per heavy atom. The third kappa shape index (κ3) is 7.64. The Morgan fingerprint density at radius 2 is 1.83 bits per heavy atom. The monoisotopic (exact) mass is 686 g/mol. The first-order chi connectivity index (χ1) is 19.7. The number of nitro benzene ring substituents is 1. The Kier molecular flexibility index (Phi) is 10.00. The van der Waals surface area contributed by atoms with Gasteiger partial charge >= 0.3 is 0 Å². The number of imide groups is 1. The van der Waals surface area contributed by atoms with E-state index in [1.54, 1.807) is 24.3 Å². The average molecular weight is 687 g/mol. The highest BCUT2D eigenvalue weighted by atomic mass is 127. The summed E-state index contributed by atoms with van der Waals surface area (Å²) in [5, 5.41) is 13.3. The molecule has 10 nitrogen and oxygen atoms in total. The number of nitrogens with one attached hydrogen (secondary N) is 1. The molecule has 0 aromatic heterocycles. The number of halogens is 1. The van der Waals surface area contributed by atoms with Crippen molar-refractivity contribution in [3.8, 4) is 5.75 Å². The van der Waals surface area contributed by atoms with E-state index in [2.05, 4.69) is 32.8 Å². The van der Waals surface area contributed by atoms with E-state index < -0.39 is 16.7 Å². The predicted octanol–water partition coefficient (Wildman–Crippen LogP) is 6.30. The van der Waals surface area contributed by atoms with Gasteiger partial charge in [-0.3, -0.25) is 29.4 Å². The van der Waals surface area contributed by atoms with E-state index in [0.29, 0.717) is 11.3 Å². The molecule has 0 spiro atoms. The van der Waals surface area contributed by atoms with E-state index in [9.17, 15) is 24.5 Å².